The molecule has 0 bridgehead atoms. The van der Waals surface area contributed by atoms with Gasteiger partial charge in [0.1, 0.15) is 0 Å². The van der Waals surface area contributed by atoms with Gasteiger partial charge in [0.25, 0.3) is 0 Å². The summed E-state index contributed by atoms with van der Waals surface area (Å²) in [6.45, 7) is 0. The third-order valence-corrected chi connectivity index (χ3v) is 1.78. The van der Waals surface area contributed by atoms with Gasteiger partial charge in [0.15, 0.2) is 0 Å². The Balaban J connectivity index is 2.42. The molecule has 0 fully saturated rings. The van der Waals surface area contributed by atoms with E-state index in [1.165, 1.54) is 5.57 Å². The third kappa shape index (κ3) is 0.827. The van der Waals surface area contributed by atoms with Gasteiger partial charge in [0.05, 0.1) is 16.9 Å². The Bertz CT molecular complexity index is 284. The van der Waals surface area contributed by atoms with Crippen LogP contribution in [-0.2, 0) is 0 Å². The molecule has 2 rings (SSSR count). The maximum atomic E-state index is 4.15. The Hall–Kier alpha value is -0.830. The van der Waals surface area contributed by atoms with Crippen molar-refractivity contribution in [3.05, 3.63) is 23.5 Å². The van der Waals surface area contributed by atoms with Gasteiger partial charge in [0.2, 0.25) is 0 Å². The highest BCUT2D eigenvalue weighted by atomic mass is 32.1. The summed E-state index contributed by atoms with van der Waals surface area (Å²) in [7, 11) is 0. The van der Waals surface area contributed by atoms with E-state index in [9.17, 15) is 0 Å². The highest BCUT2D eigenvalue weighted by molar-refractivity contribution is 7.97. The molecule has 0 aromatic carbocycles. The van der Waals surface area contributed by atoms with E-state index in [1.807, 2.05) is 6.08 Å². The Kier molecular flexibility index (Phi) is 1.24. The largest absolute Gasteiger partial charge is 0.255 e. The zero-order valence-corrected chi connectivity index (χ0v) is 6.18. The second-order valence-electron chi connectivity index (χ2n) is 2.21. The van der Waals surface area contributed by atoms with Crippen LogP contribution < -0.4 is 0 Å². The summed E-state index contributed by atoms with van der Waals surface area (Å²) in [5.74, 6) is 0. The Morgan fingerprint density at radius 2 is 2.40 bits per heavy atom. The summed E-state index contributed by atoms with van der Waals surface area (Å²) >= 11 is 4.15. The molecule has 50 valence electrons. The van der Waals surface area contributed by atoms with Gasteiger partial charge in [-0.2, -0.15) is 0 Å². The average Bonchev–Trinajstić information content (AvgIpc) is 2.33. The minimum atomic E-state index is 0.828. The molecule has 2 nitrogen and oxygen atoms in total. The second-order valence-corrected chi connectivity index (χ2v) is 2.72. The lowest BCUT2D eigenvalue weighted by Gasteiger charge is -2.06. The van der Waals surface area contributed by atoms with Crippen LogP contribution in [0.5, 0.6) is 0 Å². The minimum absolute atomic E-state index is 0.828. The zero-order chi connectivity index (χ0) is 6.97. The molecule has 0 N–H and O–H groups in total. The fraction of sp³-hybridized carbons (Fsp3) is 0.143. The minimum Gasteiger partial charge on any atom is -0.255 e. The lowest BCUT2D eigenvalue weighted by atomic mass is 10.1. The van der Waals surface area contributed by atoms with E-state index in [0.717, 1.165) is 17.2 Å². The molecule has 10 heavy (non-hydrogen) atoms. The van der Waals surface area contributed by atoms with Crippen LogP contribution in [0.3, 0.4) is 0 Å². The number of hydrogen-bond acceptors (Lipinski definition) is 2. The summed E-state index contributed by atoms with van der Waals surface area (Å²) < 4.78 is 0. The molecule has 2 heterocycles. The highest BCUT2D eigenvalue weighted by Gasteiger charge is 2.12. The van der Waals surface area contributed by atoms with Crippen molar-refractivity contribution in [2.24, 2.45) is 9.98 Å². The molecular formula is C7H6N2S. The molecule has 0 saturated heterocycles. The van der Waals surface area contributed by atoms with Crippen LogP contribution in [0.4, 0.5) is 0 Å². The van der Waals surface area contributed by atoms with E-state index in [1.54, 1.807) is 12.4 Å². The summed E-state index contributed by atoms with van der Waals surface area (Å²) in [4.78, 5) is 8.13. The topological polar surface area (TPSA) is 24.7 Å². The molecular weight excluding hydrogens is 144 g/mol. The van der Waals surface area contributed by atoms with Crippen LogP contribution in [0.25, 0.3) is 0 Å². The maximum absolute atomic E-state index is 4.15. The van der Waals surface area contributed by atoms with Crippen LogP contribution in [0.1, 0.15) is 6.42 Å². The van der Waals surface area contributed by atoms with Crippen molar-refractivity contribution in [1.82, 2.24) is 0 Å². The number of rotatable bonds is 0. The van der Waals surface area contributed by atoms with Gasteiger partial charge in [-0.3, -0.25) is 9.98 Å². The van der Waals surface area contributed by atoms with Crippen molar-refractivity contribution in [3.8, 4) is 0 Å². The lowest BCUT2D eigenvalue weighted by molar-refractivity contribution is 1.20. The summed E-state index contributed by atoms with van der Waals surface area (Å²) in [6.07, 6.45) is 6.37. The molecule has 0 radical (unpaired) electrons. The van der Waals surface area contributed by atoms with Crippen molar-refractivity contribution >= 4 is 23.9 Å². The normalized spacial score (nSPS) is 21.5. The number of aliphatic imine (C=N–C) groups is 2. The number of thiol groups is 1. The van der Waals surface area contributed by atoms with Gasteiger partial charge < -0.3 is 0 Å². The zero-order valence-electron chi connectivity index (χ0n) is 5.28. The van der Waals surface area contributed by atoms with E-state index in [0.29, 0.717) is 0 Å². The number of fused-ring (bicyclic) bond motifs is 1. The Morgan fingerprint density at radius 1 is 1.50 bits per heavy atom. The first kappa shape index (κ1) is 5.92. The van der Waals surface area contributed by atoms with Crippen LogP contribution in [0, 0.1) is 0 Å². The third-order valence-electron chi connectivity index (χ3n) is 1.50. The quantitative estimate of drug-likeness (QED) is 0.507. The van der Waals surface area contributed by atoms with E-state index in [2.05, 4.69) is 22.6 Å². The molecule has 0 atom stereocenters. The van der Waals surface area contributed by atoms with Gasteiger partial charge in [-0.05, 0) is 11.6 Å². The molecule has 2 aliphatic heterocycles. The summed E-state index contributed by atoms with van der Waals surface area (Å²) in [6, 6.07) is 0. The van der Waals surface area contributed by atoms with E-state index < -0.39 is 0 Å². The van der Waals surface area contributed by atoms with Crippen molar-refractivity contribution in [2.75, 3.05) is 0 Å². The first-order valence-electron chi connectivity index (χ1n) is 3.06. The average molecular weight is 150 g/mol. The molecule has 0 aromatic rings. The summed E-state index contributed by atoms with van der Waals surface area (Å²) in [5, 5.41) is 0.862. The molecule has 0 aliphatic carbocycles. The van der Waals surface area contributed by atoms with Gasteiger partial charge in [0, 0.05) is 12.6 Å². The van der Waals surface area contributed by atoms with Gasteiger partial charge >= 0.3 is 0 Å². The fourth-order valence-corrected chi connectivity index (χ4v) is 1.22. The molecule has 0 saturated carbocycles. The molecule has 2 aliphatic rings. The van der Waals surface area contributed by atoms with E-state index >= 15 is 0 Å². The Labute approximate surface area is 64.5 Å². The van der Waals surface area contributed by atoms with Crippen molar-refractivity contribution in [3.63, 3.8) is 0 Å². The fourth-order valence-electron chi connectivity index (χ4n) is 0.993. The molecule has 0 unspecified atom stereocenters. The van der Waals surface area contributed by atoms with Gasteiger partial charge in [-0.1, -0.05) is 0 Å². The highest BCUT2D eigenvalue weighted by Crippen LogP contribution is 2.24. The van der Waals surface area contributed by atoms with Crippen LogP contribution in [-0.4, -0.2) is 11.3 Å². The molecule has 0 spiro atoms. The smallest absolute Gasteiger partial charge is 0.0849 e. The number of hydrogen-bond donors (Lipinski definition) is 1. The van der Waals surface area contributed by atoms with E-state index in [4.69, 9.17) is 0 Å². The molecule has 0 aromatic heterocycles. The predicted octanol–water partition coefficient (Wildman–Crippen LogP) is 1.57. The number of nitrogens with zero attached hydrogens (tertiary/aromatic N) is 2. The van der Waals surface area contributed by atoms with Crippen LogP contribution in [0.15, 0.2) is 33.5 Å². The second kappa shape index (κ2) is 2.09. The van der Waals surface area contributed by atoms with Gasteiger partial charge in [-0.15, -0.1) is 12.6 Å². The van der Waals surface area contributed by atoms with Crippen molar-refractivity contribution in [1.29, 1.82) is 0 Å². The maximum Gasteiger partial charge on any atom is 0.0849 e. The first-order chi connectivity index (χ1) is 4.86. The van der Waals surface area contributed by atoms with Gasteiger partial charge in [-0.25, -0.2) is 0 Å². The van der Waals surface area contributed by atoms with E-state index in [-0.39, 0.29) is 0 Å². The standard InChI is InChI=1S/C7H6N2S/c10-7-3-5-1-2-8-6(5)4-9-7/h1-2,4H,3H2,(H,9,10). The lowest BCUT2D eigenvalue weighted by Crippen LogP contribution is -1.96. The Morgan fingerprint density at radius 3 is 3.30 bits per heavy atom. The monoisotopic (exact) mass is 150 g/mol. The SMILES string of the molecule is SC1=NC=C2N=CC=C2C1. The van der Waals surface area contributed by atoms with Crippen LogP contribution in [0.2, 0.25) is 0 Å². The van der Waals surface area contributed by atoms with Crippen molar-refractivity contribution < 1.29 is 0 Å². The van der Waals surface area contributed by atoms with Crippen LogP contribution >= 0.6 is 12.6 Å². The number of allylic oxidation sites excluding steroid dienone is 2. The molecule has 3 heteroatoms. The molecule has 0 amide bonds. The summed E-state index contributed by atoms with van der Waals surface area (Å²) in [5.41, 5.74) is 2.21. The first-order valence-corrected chi connectivity index (χ1v) is 3.50. The van der Waals surface area contributed by atoms with Crippen molar-refractivity contribution in [2.45, 2.75) is 6.42 Å². The predicted molar refractivity (Wildman–Crippen MR) is 45.7 cm³/mol.